The summed E-state index contributed by atoms with van der Waals surface area (Å²) in [6.45, 7) is 10.1. The van der Waals surface area contributed by atoms with Gasteiger partial charge in [-0.1, -0.05) is 6.92 Å². The van der Waals surface area contributed by atoms with Crippen LogP contribution in [0.2, 0.25) is 0 Å². The Morgan fingerprint density at radius 2 is 2.00 bits per heavy atom. The van der Waals surface area contributed by atoms with Crippen molar-refractivity contribution in [2.45, 2.75) is 58.6 Å². The molecule has 1 amide bonds. The number of carbonyl (C=O) groups excluding carboxylic acids is 1. The molecule has 0 heterocycles. The lowest BCUT2D eigenvalue weighted by molar-refractivity contribution is -0.0232. The van der Waals surface area contributed by atoms with Gasteiger partial charge in [0.15, 0.2) is 0 Å². The second kappa shape index (κ2) is 4.40. The molecule has 1 fully saturated rings. The average Bonchev–Trinajstić information content (AvgIpc) is 2.50. The molecule has 0 aromatic rings. The van der Waals surface area contributed by atoms with Gasteiger partial charge in [0, 0.05) is 18.4 Å². The van der Waals surface area contributed by atoms with Crippen LogP contribution in [0.15, 0.2) is 11.8 Å². The van der Waals surface area contributed by atoms with Gasteiger partial charge in [0.1, 0.15) is 5.60 Å². The molecule has 2 aliphatic carbocycles. The van der Waals surface area contributed by atoms with Crippen LogP contribution in [-0.2, 0) is 9.47 Å². The van der Waals surface area contributed by atoms with Gasteiger partial charge in [-0.3, -0.25) is 0 Å². The normalized spacial score (nSPS) is 35.8. The summed E-state index contributed by atoms with van der Waals surface area (Å²) in [7, 11) is 3.57. The molecule has 0 bridgehead atoms. The molecule has 0 aliphatic heterocycles. The predicted molar refractivity (Wildman–Crippen MR) is 78.3 cm³/mol. The van der Waals surface area contributed by atoms with E-state index >= 15 is 0 Å². The van der Waals surface area contributed by atoms with Crippen LogP contribution in [-0.4, -0.2) is 36.3 Å². The molecule has 3 unspecified atom stereocenters. The zero-order chi connectivity index (χ0) is 15.3. The number of hydrogen-bond acceptors (Lipinski definition) is 3. The van der Waals surface area contributed by atoms with Crippen molar-refractivity contribution in [2.24, 2.45) is 11.3 Å². The van der Waals surface area contributed by atoms with Crippen molar-refractivity contribution < 1.29 is 14.3 Å². The number of rotatable bonds is 2. The van der Waals surface area contributed by atoms with Crippen LogP contribution in [0.3, 0.4) is 0 Å². The average molecular weight is 281 g/mol. The molecule has 4 nitrogen and oxygen atoms in total. The molecule has 0 saturated heterocycles. The summed E-state index contributed by atoms with van der Waals surface area (Å²) in [5, 5.41) is 0. The van der Waals surface area contributed by atoms with E-state index in [4.69, 9.17) is 9.47 Å². The van der Waals surface area contributed by atoms with Crippen LogP contribution in [0.5, 0.6) is 0 Å². The van der Waals surface area contributed by atoms with Crippen molar-refractivity contribution in [1.29, 1.82) is 0 Å². The van der Waals surface area contributed by atoms with Gasteiger partial charge < -0.3 is 14.4 Å². The van der Waals surface area contributed by atoms with E-state index in [2.05, 4.69) is 19.9 Å². The van der Waals surface area contributed by atoms with E-state index in [1.165, 1.54) is 0 Å². The van der Waals surface area contributed by atoms with Crippen molar-refractivity contribution >= 4 is 6.09 Å². The van der Waals surface area contributed by atoms with Gasteiger partial charge in [0.25, 0.3) is 0 Å². The monoisotopic (exact) mass is 281 g/mol. The summed E-state index contributed by atoms with van der Waals surface area (Å²) >= 11 is 0. The molecule has 1 saturated carbocycles. The molecule has 2 rings (SSSR count). The second-order valence-electron chi connectivity index (χ2n) is 7.44. The Bertz CT molecular complexity index is 451. The Morgan fingerprint density at radius 3 is 2.50 bits per heavy atom. The summed E-state index contributed by atoms with van der Waals surface area (Å²) in [6, 6.07) is 0. The van der Waals surface area contributed by atoms with Crippen LogP contribution in [0.1, 0.15) is 47.5 Å². The van der Waals surface area contributed by atoms with Gasteiger partial charge in [-0.05, 0) is 46.6 Å². The van der Waals surface area contributed by atoms with Crippen molar-refractivity contribution in [3.8, 4) is 0 Å². The fraction of sp³-hybridized carbons (Fsp3) is 0.812. The summed E-state index contributed by atoms with van der Waals surface area (Å²) in [5.41, 5.74) is -0.709. The first-order chi connectivity index (χ1) is 9.05. The van der Waals surface area contributed by atoms with Crippen LogP contribution in [0, 0.1) is 11.3 Å². The van der Waals surface area contributed by atoms with Gasteiger partial charge in [-0.15, -0.1) is 0 Å². The van der Waals surface area contributed by atoms with E-state index in [-0.39, 0.29) is 17.0 Å². The van der Waals surface area contributed by atoms with E-state index in [0.29, 0.717) is 5.92 Å². The molecule has 0 N–H and O–H groups in total. The smallest absolute Gasteiger partial charge is 0.410 e. The number of amides is 1. The van der Waals surface area contributed by atoms with E-state index in [9.17, 15) is 4.79 Å². The summed E-state index contributed by atoms with van der Waals surface area (Å²) in [6.07, 6.45) is 3.94. The molecule has 20 heavy (non-hydrogen) atoms. The maximum Gasteiger partial charge on any atom is 0.410 e. The maximum atomic E-state index is 12.4. The zero-order valence-electron chi connectivity index (χ0n) is 13.7. The molecule has 0 aromatic carbocycles. The third kappa shape index (κ3) is 2.00. The van der Waals surface area contributed by atoms with Crippen LogP contribution in [0.4, 0.5) is 4.79 Å². The first kappa shape index (κ1) is 15.2. The Hall–Kier alpha value is -1.19. The number of fused-ring (bicyclic) bond motifs is 1. The molecular weight excluding hydrogens is 254 g/mol. The van der Waals surface area contributed by atoms with Gasteiger partial charge in [-0.2, -0.15) is 0 Å². The Labute approximate surface area is 122 Å². The van der Waals surface area contributed by atoms with Crippen molar-refractivity contribution in [2.75, 3.05) is 14.2 Å². The molecule has 3 atom stereocenters. The molecule has 0 spiro atoms. The highest BCUT2D eigenvalue weighted by Gasteiger charge is 2.63. The summed E-state index contributed by atoms with van der Waals surface area (Å²) < 4.78 is 10.9. The minimum atomic E-state index is -0.465. The quantitative estimate of drug-likeness (QED) is 0.776. The lowest BCUT2D eigenvalue weighted by Crippen LogP contribution is -2.58. The Morgan fingerprint density at radius 1 is 1.40 bits per heavy atom. The highest BCUT2D eigenvalue weighted by atomic mass is 16.6. The zero-order valence-corrected chi connectivity index (χ0v) is 13.7. The lowest BCUT2D eigenvalue weighted by Gasteiger charge is -2.52. The summed E-state index contributed by atoms with van der Waals surface area (Å²) in [5.74, 6) is 1.48. The van der Waals surface area contributed by atoms with Gasteiger partial charge in [0.05, 0.1) is 18.4 Å². The Kier molecular flexibility index (Phi) is 3.35. The number of allylic oxidation sites excluding steroid dienone is 1. The van der Waals surface area contributed by atoms with E-state index in [0.717, 1.165) is 18.6 Å². The molecule has 2 aliphatic rings. The number of hydrogen-bond donors (Lipinski definition) is 0. The first-order valence-electron chi connectivity index (χ1n) is 7.29. The topological polar surface area (TPSA) is 38.8 Å². The molecule has 0 radical (unpaired) electrons. The molecular formula is C16H27NO3. The summed E-state index contributed by atoms with van der Waals surface area (Å²) in [4.78, 5) is 14.2. The first-order valence-corrected chi connectivity index (χ1v) is 7.29. The fourth-order valence-corrected chi connectivity index (χ4v) is 3.63. The van der Waals surface area contributed by atoms with Crippen LogP contribution >= 0.6 is 0 Å². The van der Waals surface area contributed by atoms with E-state index in [1.807, 2.05) is 27.8 Å². The SMILES string of the molecule is COC1=CC2(C)C1CCC2(C)N(C)C(=O)OC(C)(C)C. The Balaban J connectivity index is 2.20. The molecule has 114 valence electrons. The van der Waals surface area contributed by atoms with Crippen LogP contribution < -0.4 is 0 Å². The fourth-order valence-electron chi connectivity index (χ4n) is 3.63. The number of carbonyl (C=O) groups is 1. The maximum absolute atomic E-state index is 12.4. The highest BCUT2D eigenvalue weighted by Crippen LogP contribution is 2.62. The lowest BCUT2D eigenvalue weighted by atomic mass is 9.61. The number of nitrogens with zero attached hydrogens (tertiary/aromatic N) is 1. The number of methoxy groups -OCH3 is 1. The van der Waals surface area contributed by atoms with E-state index < -0.39 is 5.60 Å². The molecule has 0 aromatic heterocycles. The second-order valence-corrected chi connectivity index (χ2v) is 7.44. The van der Waals surface area contributed by atoms with Crippen molar-refractivity contribution in [1.82, 2.24) is 4.90 Å². The largest absolute Gasteiger partial charge is 0.501 e. The van der Waals surface area contributed by atoms with Gasteiger partial charge in [0.2, 0.25) is 0 Å². The minimum absolute atomic E-state index is 0.0238. The standard InChI is InChI=1S/C16H27NO3/c1-14(2,3)20-13(18)17(6)16(5)9-8-11-12(19-7)10-15(11,16)4/h10-11H,8-9H2,1-7H3. The van der Waals surface area contributed by atoms with Crippen molar-refractivity contribution in [3.63, 3.8) is 0 Å². The third-order valence-corrected chi connectivity index (χ3v) is 5.23. The van der Waals surface area contributed by atoms with Gasteiger partial charge in [-0.25, -0.2) is 4.79 Å². The third-order valence-electron chi connectivity index (χ3n) is 5.23. The minimum Gasteiger partial charge on any atom is -0.501 e. The predicted octanol–water partition coefficient (Wildman–Crippen LogP) is 3.57. The number of ether oxygens (including phenoxy) is 2. The molecule has 4 heteroatoms. The van der Waals surface area contributed by atoms with Crippen LogP contribution in [0.25, 0.3) is 0 Å². The van der Waals surface area contributed by atoms with Gasteiger partial charge >= 0.3 is 6.09 Å². The van der Waals surface area contributed by atoms with E-state index in [1.54, 1.807) is 12.0 Å². The van der Waals surface area contributed by atoms with Crippen molar-refractivity contribution in [3.05, 3.63) is 11.8 Å². The highest BCUT2D eigenvalue weighted by molar-refractivity contribution is 5.69.